The van der Waals surface area contributed by atoms with Gasteiger partial charge in [0.2, 0.25) is 0 Å². The van der Waals surface area contributed by atoms with Gasteiger partial charge in [0.1, 0.15) is 18.5 Å². The number of esters is 1. The predicted molar refractivity (Wildman–Crippen MR) is 137 cm³/mol. The van der Waals surface area contributed by atoms with Crippen LogP contribution in [0.15, 0.2) is 24.3 Å². The van der Waals surface area contributed by atoms with Crippen molar-refractivity contribution in [1.82, 2.24) is 0 Å². The van der Waals surface area contributed by atoms with Crippen molar-refractivity contribution in [2.24, 2.45) is 0 Å². The molecule has 1 aromatic carbocycles. The molecule has 34 heavy (non-hydrogen) atoms. The van der Waals surface area contributed by atoms with Crippen LogP contribution in [0, 0.1) is 0 Å². The van der Waals surface area contributed by atoms with Gasteiger partial charge in [-0.05, 0) is 37.0 Å². The van der Waals surface area contributed by atoms with Crippen molar-refractivity contribution in [2.75, 3.05) is 33.4 Å². The Morgan fingerprint density at radius 2 is 1.62 bits per heavy atom. The molecule has 0 aromatic heterocycles. The number of quaternary nitrogens is 1. The average Bonchev–Trinajstić information content (AvgIpc) is 2.82. The van der Waals surface area contributed by atoms with E-state index in [2.05, 4.69) is 6.92 Å². The summed E-state index contributed by atoms with van der Waals surface area (Å²) < 4.78 is 21.8. The zero-order valence-electron chi connectivity index (χ0n) is 21.5. The fourth-order valence-corrected chi connectivity index (χ4v) is 4.16. The van der Waals surface area contributed by atoms with Crippen LogP contribution in [-0.2, 0) is 25.0 Å². The Morgan fingerprint density at radius 1 is 0.971 bits per heavy atom. The number of ether oxygens (including phenoxy) is 2. The minimum absolute atomic E-state index is 0.109. The Kier molecular flexibility index (Phi) is 19.1. The first-order valence-corrected chi connectivity index (χ1v) is 14.1. The maximum absolute atomic E-state index is 11.4. The molecular weight excluding hydrogens is 453 g/mol. The molecule has 3 N–H and O–H groups in total. The average molecular weight is 501 g/mol. The Labute approximate surface area is 207 Å². The predicted octanol–water partition coefficient (Wildman–Crippen LogP) is 4.91. The van der Waals surface area contributed by atoms with Gasteiger partial charge in [-0.3, -0.25) is 4.79 Å². The molecule has 1 aromatic rings. The molecule has 0 fully saturated rings. The first kappa shape index (κ1) is 30.8. The molecule has 2 atom stereocenters. The van der Waals surface area contributed by atoms with E-state index in [4.69, 9.17) is 18.5 Å². The number of aryl methyl sites for hydroxylation is 1. The summed E-state index contributed by atoms with van der Waals surface area (Å²) >= 11 is 0. The van der Waals surface area contributed by atoms with Crippen molar-refractivity contribution in [3.63, 3.8) is 0 Å². The van der Waals surface area contributed by atoms with Gasteiger partial charge in [0.25, 0.3) is 0 Å². The molecule has 0 aliphatic heterocycles. The number of likely N-dealkylation sites (N-methyl/N-ethyl adjacent to an activating group) is 1. The van der Waals surface area contributed by atoms with Crippen molar-refractivity contribution < 1.29 is 33.5 Å². The fourth-order valence-electron chi connectivity index (χ4n) is 3.53. The molecule has 0 amide bonds. The minimum atomic E-state index is -1.96. The summed E-state index contributed by atoms with van der Waals surface area (Å²) in [7, 11) is -0.0339. The van der Waals surface area contributed by atoms with E-state index >= 15 is 0 Å². The molecule has 0 aliphatic carbocycles. The summed E-state index contributed by atoms with van der Waals surface area (Å²) in [5.74, 6) is 0.521. The van der Waals surface area contributed by atoms with E-state index in [1.807, 2.05) is 36.6 Å². The van der Waals surface area contributed by atoms with Crippen LogP contribution in [0.1, 0.15) is 83.6 Å². The fraction of sp³-hybridized carbons (Fsp3) is 0.731. The van der Waals surface area contributed by atoms with Crippen molar-refractivity contribution >= 4 is 14.6 Å². The summed E-state index contributed by atoms with van der Waals surface area (Å²) in [5.41, 5.74) is 1.13. The summed E-state index contributed by atoms with van der Waals surface area (Å²) in [4.78, 5) is 21.2. The summed E-state index contributed by atoms with van der Waals surface area (Å²) in [6.07, 6.45) is 12.6. The first-order chi connectivity index (χ1) is 16.5. The van der Waals surface area contributed by atoms with E-state index in [1.54, 1.807) is 0 Å². The van der Waals surface area contributed by atoms with E-state index in [0.29, 0.717) is 13.0 Å². The third-order valence-electron chi connectivity index (χ3n) is 5.51. The number of nitrogens with two attached hydrogens (primary N) is 1. The van der Waals surface area contributed by atoms with Gasteiger partial charge in [0.05, 0.1) is 26.8 Å². The molecule has 2 unspecified atom stereocenters. The lowest BCUT2D eigenvalue weighted by Gasteiger charge is -2.18. The van der Waals surface area contributed by atoms with Crippen molar-refractivity contribution in [3.8, 4) is 5.75 Å². The standard InChI is InChI=1S/C26H46NO6P/c1-4-5-6-7-8-9-10-11-12-20-30-25-16-13-24(14-17-25)15-18-26(33-23(2)28)22-32-34(29)31-21-19-27-3/h13-14,16-17,26-27,29H,4-12,15,18-22H2,1-3H3/p+1. The van der Waals surface area contributed by atoms with E-state index in [0.717, 1.165) is 37.3 Å². The van der Waals surface area contributed by atoms with Gasteiger partial charge in [-0.1, -0.05) is 70.4 Å². The number of unbranched alkanes of at least 4 members (excludes halogenated alkanes) is 8. The van der Waals surface area contributed by atoms with Gasteiger partial charge in [-0.2, -0.15) is 0 Å². The van der Waals surface area contributed by atoms with Crippen LogP contribution >= 0.6 is 8.60 Å². The largest absolute Gasteiger partial charge is 0.494 e. The zero-order valence-corrected chi connectivity index (χ0v) is 22.4. The molecule has 1 rings (SSSR count). The Balaban J connectivity index is 2.23. The Bertz CT molecular complexity index is 616. The monoisotopic (exact) mass is 500 g/mol. The van der Waals surface area contributed by atoms with Crippen molar-refractivity contribution in [2.45, 2.75) is 90.6 Å². The number of hydrogen-bond donors (Lipinski definition) is 2. The van der Waals surface area contributed by atoms with Crippen LogP contribution in [0.25, 0.3) is 0 Å². The number of carbonyl (C=O) groups excluding carboxylic acids is 1. The quantitative estimate of drug-likeness (QED) is 0.134. The smallest absolute Gasteiger partial charge is 0.330 e. The van der Waals surface area contributed by atoms with E-state index in [1.165, 1.54) is 58.3 Å². The Morgan fingerprint density at radius 3 is 2.24 bits per heavy atom. The maximum atomic E-state index is 11.4. The molecule has 7 nitrogen and oxygen atoms in total. The van der Waals surface area contributed by atoms with Gasteiger partial charge in [0.15, 0.2) is 0 Å². The van der Waals surface area contributed by atoms with Gasteiger partial charge < -0.3 is 28.7 Å². The number of hydrogen-bond acceptors (Lipinski definition) is 6. The van der Waals surface area contributed by atoms with Gasteiger partial charge in [-0.25, -0.2) is 0 Å². The van der Waals surface area contributed by atoms with Crippen LogP contribution < -0.4 is 10.1 Å². The number of carbonyl (C=O) groups is 1. The highest BCUT2D eigenvalue weighted by atomic mass is 31.2. The number of benzene rings is 1. The highest BCUT2D eigenvalue weighted by molar-refractivity contribution is 7.40. The van der Waals surface area contributed by atoms with Crippen LogP contribution in [0.3, 0.4) is 0 Å². The lowest BCUT2D eigenvalue weighted by Crippen LogP contribution is -2.80. The molecular formula is C26H47NO6P+. The highest BCUT2D eigenvalue weighted by Crippen LogP contribution is 2.32. The normalized spacial score (nSPS) is 12.9. The third-order valence-corrected chi connectivity index (χ3v) is 6.28. The van der Waals surface area contributed by atoms with E-state index in [9.17, 15) is 9.69 Å². The minimum Gasteiger partial charge on any atom is -0.494 e. The lowest BCUT2D eigenvalue weighted by molar-refractivity contribution is -0.627. The molecule has 0 bridgehead atoms. The van der Waals surface area contributed by atoms with E-state index < -0.39 is 14.7 Å². The number of rotatable bonds is 22. The third kappa shape index (κ3) is 17.2. The molecule has 0 saturated heterocycles. The highest BCUT2D eigenvalue weighted by Gasteiger charge is 2.17. The summed E-state index contributed by atoms with van der Waals surface area (Å²) in [5, 5.41) is 1.96. The molecule has 196 valence electrons. The van der Waals surface area contributed by atoms with Crippen molar-refractivity contribution in [1.29, 1.82) is 0 Å². The van der Waals surface area contributed by atoms with Gasteiger partial charge in [0, 0.05) is 6.92 Å². The summed E-state index contributed by atoms with van der Waals surface area (Å²) in [6, 6.07) is 8.07. The van der Waals surface area contributed by atoms with Crippen molar-refractivity contribution in [3.05, 3.63) is 29.8 Å². The first-order valence-electron chi connectivity index (χ1n) is 13.0. The lowest BCUT2D eigenvalue weighted by atomic mass is 10.1. The molecule has 0 saturated carbocycles. The summed E-state index contributed by atoms with van der Waals surface area (Å²) in [6.45, 7) is 5.65. The maximum Gasteiger partial charge on any atom is 0.330 e. The Hall–Kier alpha value is -1.24. The topological polar surface area (TPSA) is 90.8 Å². The molecule has 0 heterocycles. The van der Waals surface area contributed by atoms with Gasteiger partial charge >= 0.3 is 14.6 Å². The van der Waals surface area contributed by atoms with Crippen LogP contribution in [0.5, 0.6) is 5.75 Å². The molecule has 0 spiro atoms. The second-order valence-corrected chi connectivity index (χ2v) is 9.65. The second-order valence-electron chi connectivity index (χ2n) is 8.65. The second kappa shape index (κ2) is 21.1. The van der Waals surface area contributed by atoms with Crippen LogP contribution in [0.4, 0.5) is 0 Å². The van der Waals surface area contributed by atoms with Gasteiger partial charge in [-0.15, -0.1) is 0 Å². The van der Waals surface area contributed by atoms with Crippen LogP contribution in [0.2, 0.25) is 0 Å². The van der Waals surface area contributed by atoms with E-state index in [-0.39, 0.29) is 12.6 Å². The SMILES string of the molecule is CCCCCCCCCCCOc1ccc(CCC(COP(O)OCC[NH2+]C)OC(C)=O)cc1. The molecule has 0 radical (unpaired) electrons. The molecule has 8 heteroatoms. The zero-order chi connectivity index (χ0) is 24.9. The molecule has 0 aliphatic rings. The van der Waals surface area contributed by atoms with Crippen LogP contribution in [-0.4, -0.2) is 50.4 Å².